The van der Waals surface area contributed by atoms with Crippen molar-refractivity contribution >= 4 is 58.2 Å². The summed E-state index contributed by atoms with van der Waals surface area (Å²) in [6.07, 6.45) is -1.01. The maximum absolute atomic E-state index is 14.0. The minimum atomic E-state index is -1.51. The van der Waals surface area contributed by atoms with E-state index < -0.39 is 71.1 Å². The molecule has 5 amide bonds. The Balaban J connectivity index is 1.10. The number of hydrogen-bond donors (Lipinski definition) is 5. The third-order valence-corrected chi connectivity index (χ3v) is 9.81. The number of carbonyl (C=O) groups excluding carboxylic acids is 6. The van der Waals surface area contributed by atoms with Gasteiger partial charge in [0.2, 0.25) is 11.5 Å². The number of esters is 1. The van der Waals surface area contributed by atoms with Crippen molar-refractivity contribution in [2.24, 2.45) is 5.16 Å². The molecular formula is C42H50N10O11S. The first kappa shape index (κ1) is 46.4. The number of β-lactam (4-membered cyclic amide) rings is 1. The average molecular weight is 903 g/mol. The van der Waals surface area contributed by atoms with Crippen molar-refractivity contribution in [2.75, 3.05) is 18.5 Å². The number of anilines is 1. The van der Waals surface area contributed by atoms with Gasteiger partial charge in [-0.05, 0) is 52.7 Å². The fourth-order valence-corrected chi connectivity index (χ4v) is 6.57. The van der Waals surface area contributed by atoms with Gasteiger partial charge in [-0.2, -0.15) is 15.0 Å². The number of nitrogens with zero attached hydrogens (tertiary/aromatic N) is 5. The van der Waals surface area contributed by atoms with Crippen LogP contribution in [0.2, 0.25) is 0 Å². The number of alkyl carbamates (subject to hydrolysis) is 2. The number of hydrogen-bond acceptors (Lipinski definition) is 16. The molecule has 2 atom stereocenters. The number of rotatable bonds is 17. The Morgan fingerprint density at radius 2 is 1.55 bits per heavy atom. The molecule has 2 aromatic carbocycles. The zero-order chi connectivity index (χ0) is 46.1. The number of carbonyl (C=O) groups is 6. The first-order chi connectivity index (χ1) is 30.4. The Bertz CT molecular complexity index is 2300. The average Bonchev–Trinajstić information content (AvgIpc) is 3.66. The van der Waals surface area contributed by atoms with Gasteiger partial charge in [0, 0.05) is 18.2 Å². The summed E-state index contributed by atoms with van der Waals surface area (Å²) in [6.45, 7) is 10.2. The third-order valence-electron chi connectivity index (χ3n) is 9.05. The largest absolute Gasteiger partial charge is 0.450 e. The summed E-state index contributed by atoms with van der Waals surface area (Å²) in [5, 5.41) is 27.1. The summed E-state index contributed by atoms with van der Waals surface area (Å²) in [7, 11) is 0. The fourth-order valence-electron chi connectivity index (χ4n) is 5.89. The van der Waals surface area contributed by atoms with Crippen LogP contribution >= 0.6 is 11.3 Å². The molecule has 1 saturated heterocycles. The summed E-state index contributed by atoms with van der Waals surface area (Å²) in [5.74, 6) is -2.06. The van der Waals surface area contributed by atoms with Gasteiger partial charge in [-0.25, -0.2) is 24.2 Å². The molecule has 2 aromatic heterocycles. The highest BCUT2D eigenvalue weighted by Gasteiger charge is 2.56. The highest BCUT2D eigenvalue weighted by Crippen LogP contribution is 2.43. The molecule has 340 valence electrons. The molecule has 22 heteroatoms. The van der Waals surface area contributed by atoms with E-state index in [0.29, 0.717) is 5.69 Å². The van der Waals surface area contributed by atoms with Gasteiger partial charge in [0.05, 0.1) is 31.9 Å². The Morgan fingerprint density at radius 1 is 0.906 bits per heavy atom. The molecular weight excluding hydrogens is 853 g/mol. The zero-order valence-electron chi connectivity index (χ0n) is 36.0. The quantitative estimate of drug-likeness (QED) is 0.0250. The van der Waals surface area contributed by atoms with Crippen molar-refractivity contribution in [3.63, 3.8) is 0 Å². The summed E-state index contributed by atoms with van der Waals surface area (Å²) >= 11 is 0.981. The molecule has 1 aliphatic heterocycles. The van der Waals surface area contributed by atoms with Crippen LogP contribution in [0.4, 0.5) is 19.5 Å². The molecule has 0 radical (unpaired) electrons. The predicted octanol–water partition coefficient (Wildman–Crippen LogP) is 4.10. The van der Waals surface area contributed by atoms with Crippen molar-refractivity contribution in [3.05, 3.63) is 94.8 Å². The molecule has 1 aliphatic carbocycles. The van der Waals surface area contributed by atoms with Gasteiger partial charge in [-0.3, -0.25) is 14.9 Å². The highest BCUT2D eigenvalue weighted by atomic mass is 32.1. The Morgan fingerprint density at radius 3 is 2.16 bits per heavy atom. The number of aromatic nitrogens is 4. The van der Waals surface area contributed by atoms with Crippen molar-refractivity contribution in [2.45, 2.75) is 102 Å². The van der Waals surface area contributed by atoms with Gasteiger partial charge in [-0.15, -0.1) is 11.3 Å². The lowest BCUT2D eigenvalue weighted by atomic mass is 9.98. The molecule has 0 bridgehead atoms. The van der Waals surface area contributed by atoms with E-state index in [-0.39, 0.29) is 55.6 Å². The van der Waals surface area contributed by atoms with Crippen LogP contribution in [0.5, 0.6) is 0 Å². The van der Waals surface area contributed by atoms with E-state index in [1.807, 2.05) is 60.7 Å². The topological polar surface area (TPSA) is 265 Å². The molecule has 2 aliphatic rings. The first-order valence-corrected chi connectivity index (χ1v) is 21.2. The number of oxime groups is 1. The van der Waals surface area contributed by atoms with Gasteiger partial charge in [0.25, 0.3) is 5.91 Å². The standard InChI is InChI=1S/C42H50N10O11S/c1-40(2,3)61-38(57)43-19-20-59-37(56)44-21-27-22-45-52(50-27)23-28-30(33(53)46-28)48-34(54)31(29-24-64-36(47-29)49-39(58)62-41(4,5)6)51-63-42(17-18-42)35(55)60-32(25-13-9-7-10-14-25)26-15-11-8-12-16-26/h7-16,22,24,28,30,32H,17-21,23H2,1-6H3,(H,43,57)(H,44,56)(H,46,53)(H,48,54)(H,47,49,58)/t28-,30+/m1/s1. The van der Waals surface area contributed by atoms with Crippen LogP contribution in [0.15, 0.2) is 77.4 Å². The maximum Gasteiger partial charge on any atom is 0.413 e. The van der Waals surface area contributed by atoms with Crippen molar-refractivity contribution in [3.8, 4) is 0 Å². The van der Waals surface area contributed by atoms with Gasteiger partial charge in [0.1, 0.15) is 35.2 Å². The van der Waals surface area contributed by atoms with Gasteiger partial charge < -0.3 is 45.1 Å². The molecule has 1 saturated carbocycles. The molecule has 64 heavy (non-hydrogen) atoms. The third kappa shape index (κ3) is 13.2. The predicted molar refractivity (Wildman–Crippen MR) is 229 cm³/mol. The SMILES string of the molecule is CC(C)(C)OC(=O)NCCOC(=O)NCc1cnn(C[C@H]2NC(=O)[C@H]2NC(=O)C(=NOC2(C(=O)OC(c3ccccc3)c3ccccc3)CC2)c2csc(NC(=O)OC(C)(C)C)n2)n1. The maximum atomic E-state index is 14.0. The van der Waals surface area contributed by atoms with Crippen molar-refractivity contribution in [1.29, 1.82) is 0 Å². The van der Waals surface area contributed by atoms with Crippen LogP contribution in [0.1, 0.15) is 83.0 Å². The normalized spacial score (nSPS) is 16.6. The van der Waals surface area contributed by atoms with E-state index in [2.05, 4.69) is 46.9 Å². The Kier molecular flexibility index (Phi) is 14.5. The highest BCUT2D eigenvalue weighted by molar-refractivity contribution is 7.14. The van der Waals surface area contributed by atoms with Crippen molar-refractivity contribution in [1.82, 2.24) is 41.2 Å². The van der Waals surface area contributed by atoms with Crippen LogP contribution in [0, 0.1) is 0 Å². The summed E-state index contributed by atoms with van der Waals surface area (Å²) in [5.41, 5.74) is -1.53. The van der Waals surface area contributed by atoms with Crippen molar-refractivity contribution < 1.29 is 52.6 Å². The molecule has 3 heterocycles. The molecule has 0 spiro atoms. The molecule has 2 fully saturated rings. The lowest BCUT2D eigenvalue weighted by Gasteiger charge is -2.36. The van der Waals surface area contributed by atoms with Crippen LogP contribution < -0.4 is 26.6 Å². The molecule has 21 nitrogen and oxygen atoms in total. The first-order valence-electron chi connectivity index (χ1n) is 20.3. The van der Waals surface area contributed by atoms with E-state index >= 15 is 0 Å². The lowest BCUT2D eigenvalue weighted by Crippen LogP contribution is -2.70. The number of thiazole rings is 1. The number of nitrogens with one attached hydrogen (secondary N) is 5. The number of benzene rings is 2. The molecule has 6 rings (SSSR count). The second-order valence-corrected chi connectivity index (χ2v) is 17.5. The number of amides is 5. The van der Waals surface area contributed by atoms with Gasteiger partial charge in [0.15, 0.2) is 16.9 Å². The number of ether oxygens (including phenoxy) is 4. The molecule has 4 aromatic rings. The molecule has 5 N–H and O–H groups in total. The van der Waals surface area contributed by atoms with Crippen LogP contribution in [0.25, 0.3) is 0 Å². The Hall–Kier alpha value is -7.10. The smallest absolute Gasteiger partial charge is 0.413 e. The second-order valence-electron chi connectivity index (χ2n) is 16.7. The van der Waals surface area contributed by atoms with Crippen LogP contribution in [0.3, 0.4) is 0 Å². The Labute approximate surface area is 372 Å². The van der Waals surface area contributed by atoms with E-state index in [4.69, 9.17) is 23.8 Å². The fraction of sp³-hybridized carbons (Fsp3) is 0.429. The van der Waals surface area contributed by atoms with E-state index in [9.17, 15) is 28.8 Å². The summed E-state index contributed by atoms with van der Waals surface area (Å²) < 4.78 is 21.6. The van der Waals surface area contributed by atoms with E-state index in [1.54, 1.807) is 41.5 Å². The summed E-state index contributed by atoms with van der Waals surface area (Å²) in [4.78, 5) is 88.6. The molecule has 0 unspecified atom stereocenters. The van der Waals surface area contributed by atoms with E-state index in [0.717, 1.165) is 22.5 Å². The van der Waals surface area contributed by atoms with Gasteiger partial charge in [-0.1, -0.05) is 65.8 Å². The monoisotopic (exact) mass is 902 g/mol. The van der Waals surface area contributed by atoms with Gasteiger partial charge >= 0.3 is 24.2 Å². The minimum Gasteiger partial charge on any atom is -0.450 e. The summed E-state index contributed by atoms with van der Waals surface area (Å²) in [6, 6.07) is 16.7. The lowest BCUT2D eigenvalue weighted by molar-refractivity contribution is -0.164. The van der Waals surface area contributed by atoms with Crippen LogP contribution in [-0.2, 0) is 51.3 Å². The zero-order valence-corrected chi connectivity index (χ0v) is 36.9. The second kappa shape index (κ2) is 19.9. The van der Waals surface area contributed by atoms with E-state index in [1.165, 1.54) is 16.4 Å². The van der Waals surface area contributed by atoms with Crippen LogP contribution in [-0.4, -0.2) is 104 Å². The minimum absolute atomic E-state index is 0.0239.